The van der Waals surface area contributed by atoms with Crippen molar-refractivity contribution in [1.29, 1.82) is 0 Å². The van der Waals surface area contributed by atoms with Gasteiger partial charge in [-0.3, -0.25) is 9.59 Å². The maximum absolute atomic E-state index is 12.7. The minimum atomic E-state index is -0.637. The Hall–Kier alpha value is -2.37. The van der Waals surface area contributed by atoms with E-state index < -0.39 is 6.04 Å². The molecule has 0 saturated carbocycles. The van der Waals surface area contributed by atoms with Crippen LogP contribution in [0.3, 0.4) is 0 Å². The standard InChI is InChI=1S/C22H32N2O4/c1-4-6-16(3)15-20(22(27)28-5-2)23-21(26)17-7-9-18(10-8-17)24-13-11-19(25)12-14-24/h7-10,16,20H,4-6,11-15H2,1-3H3,(H,23,26). The molecule has 2 atom stereocenters. The molecule has 1 aromatic rings. The van der Waals surface area contributed by atoms with Crippen LogP contribution in [0.1, 0.15) is 63.2 Å². The van der Waals surface area contributed by atoms with E-state index in [9.17, 15) is 14.4 Å². The second kappa shape index (κ2) is 10.8. The highest BCUT2D eigenvalue weighted by Crippen LogP contribution is 2.20. The zero-order chi connectivity index (χ0) is 20.5. The first-order valence-electron chi connectivity index (χ1n) is 10.3. The van der Waals surface area contributed by atoms with Gasteiger partial charge in [0.2, 0.25) is 0 Å². The van der Waals surface area contributed by atoms with Crippen molar-refractivity contribution in [2.24, 2.45) is 5.92 Å². The lowest BCUT2D eigenvalue weighted by molar-refractivity contribution is -0.145. The average molecular weight is 389 g/mol. The molecule has 6 heteroatoms. The molecule has 154 valence electrons. The summed E-state index contributed by atoms with van der Waals surface area (Å²) in [5.41, 5.74) is 1.51. The molecular formula is C22H32N2O4. The number of anilines is 1. The Labute approximate surface area is 167 Å². The SMILES string of the molecule is CCCC(C)CC(NC(=O)c1ccc(N2CCC(=O)CC2)cc1)C(=O)OCC. The first-order chi connectivity index (χ1) is 13.4. The van der Waals surface area contributed by atoms with Gasteiger partial charge in [-0.05, 0) is 43.5 Å². The minimum Gasteiger partial charge on any atom is -0.464 e. The van der Waals surface area contributed by atoms with Gasteiger partial charge in [0.05, 0.1) is 6.61 Å². The fourth-order valence-corrected chi connectivity index (χ4v) is 3.55. The Morgan fingerprint density at radius 1 is 1.14 bits per heavy atom. The lowest BCUT2D eigenvalue weighted by Gasteiger charge is -2.28. The van der Waals surface area contributed by atoms with E-state index in [1.165, 1.54) is 0 Å². The predicted molar refractivity (Wildman–Crippen MR) is 109 cm³/mol. The fourth-order valence-electron chi connectivity index (χ4n) is 3.55. The van der Waals surface area contributed by atoms with Gasteiger partial charge in [0.25, 0.3) is 5.91 Å². The summed E-state index contributed by atoms with van der Waals surface area (Å²) in [4.78, 5) is 38.5. The number of carbonyl (C=O) groups is 3. The average Bonchev–Trinajstić information content (AvgIpc) is 2.68. The molecule has 1 aromatic carbocycles. The monoisotopic (exact) mass is 388 g/mol. The number of nitrogens with one attached hydrogen (secondary N) is 1. The number of amides is 1. The third-order valence-corrected chi connectivity index (χ3v) is 5.11. The van der Waals surface area contributed by atoms with E-state index in [1.807, 2.05) is 12.1 Å². The minimum absolute atomic E-state index is 0.276. The van der Waals surface area contributed by atoms with E-state index in [2.05, 4.69) is 24.1 Å². The zero-order valence-corrected chi connectivity index (χ0v) is 17.2. The van der Waals surface area contributed by atoms with Crippen molar-refractivity contribution in [3.8, 4) is 0 Å². The molecule has 2 unspecified atom stereocenters. The molecule has 0 aliphatic carbocycles. The van der Waals surface area contributed by atoms with Crippen LogP contribution < -0.4 is 10.2 Å². The van der Waals surface area contributed by atoms with Gasteiger partial charge in [-0.1, -0.05) is 26.7 Å². The summed E-state index contributed by atoms with van der Waals surface area (Å²) in [6.45, 7) is 7.67. The van der Waals surface area contributed by atoms with Crippen molar-refractivity contribution in [2.75, 3.05) is 24.6 Å². The summed E-state index contributed by atoms with van der Waals surface area (Å²) in [7, 11) is 0. The van der Waals surface area contributed by atoms with Crippen LogP contribution in [0.25, 0.3) is 0 Å². The van der Waals surface area contributed by atoms with Crippen molar-refractivity contribution in [2.45, 2.75) is 58.9 Å². The summed E-state index contributed by atoms with van der Waals surface area (Å²) in [5.74, 6) is -0.0334. The zero-order valence-electron chi connectivity index (χ0n) is 17.2. The number of ether oxygens (including phenoxy) is 1. The summed E-state index contributed by atoms with van der Waals surface area (Å²) >= 11 is 0. The highest BCUT2D eigenvalue weighted by molar-refractivity contribution is 5.97. The van der Waals surface area contributed by atoms with Gasteiger partial charge < -0.3 is 15.0 Å². The van der Waals surface area contributed by atoms with Crippen LogP contribution in [-0.4, -0.2) is 43.4 Å². The van der Waals surface area contributed by atoms with Crippen LogP contribution in [0.5, 0.6) is 0 Å². The molecule has 1 heterocycles. The Morgan fingerprint density at radius 3 is 2.36 bits per heavy atom. The molecule has 1 saturated heterocycles. The molecule has 1 aliphatic rings. The summed E-state index contributed by atoms with van der Waals surface area (Å²) in [6, 6.07) is 6.67. The topological polar surface area (TPSA) is 75.7 Å². The first-order valence-corrected chi connectivity index (χ1v) is 10.3. The Balaban J connectivity index is 2.01. The largest absolute Gasteiger partial charge is 0.464 e. The molecule has 1 aliphatic heterocycles. The molecule has 1 fully saturated rings. The fraction of sp³-hybridized carbons (Fsp3) is 0.591. The molecule has 2 rings (SSSR count). The summed E-state index contributed by atoms with van der Waals surface area (Å²) in [5, 5.41) is 2.84. The molecule has 0 spiro atoms. The lowest BCUT2D eigenvalue weighted by Crippen LogP contribution is -2.43. The normalized spacial score (nSPS) is 16.4. The van der Waals surface area contributed by atoms with Crippen molar-refractivity contribution in [3.63, 3.8) is 0 Å². The first kappa shape index (κ1) is 21.9. The van der Waals surface area contributed by atoms with Crippen molar-refractivity contribution in [3.05, 3.63) is 29.8 Å². The molecule has 0 aromatic heterocycles. The summed E-state index contributed by atoms with van der Waals surface area (Å²) in [6.07, 6.45) is 3.74. The number of benzene rings is 1. The quantitative estimate of drug-likeness (QED) is 0.657. The maximum atomic E-state index is 12.7. The van der Waals surface area contributed by atoms with Gasteiger partial charge in [-0.15, -0.1) is 0 Å². The van der Waals surface area contributed by atoms with Crippen LogP contribution in [0.4, 0.5) is 5.69 Å². The van der Waals surface area contributed by atoms with E-state index in [-0.39, 0.29) is 11.9 Å². The van der Waals surface area contributed by atoms with E-state index in [1.54, 1.807) is 19.1 Å². The third-order valence-electron chi connectivity index (χ3n) is 5.11. The number of ketones is 1. The Morgan fingerprint density at radius 2 is 1.79 bits per heavy atom. The van der Waals surface area contributed by atoms with E-state index in [0.717, 1.165) is 18.5 Å². The summed E-state index contributed by atoms with van der Waals surface area (Å²) < 4.78 is 5.14. The number of rotatable bonds is 9. The van der Waals surface area contributed by atoms with Crippen LogP contribution in [0.15, 0.2) is 24.3 Å². The second-order valence-electron chi connectivity index (χ2n) is 7.48. The lowest BCUT2D eigenvalue weighted by atomic mass is 9.97. The van der Waals surface area contributed by atoms with Crippen molar-refractivity contribution in [1.82, 2.24) is 5.32 Å². The second-order valence-corrected chi connectivity index (χ2v) is 7.48. The van der Waals surface area contributed by atoms with Gasteiger partial charge in [0.1, 0.15) is 11.8 Å². The van der Waals surface area contributed by atoms with Crippen LogP contribution >= 0.6 is 0 Å². The molecule has 28 heavy (non-hydrogen) atoms. The van der Waals surface area contributed by atoms with E-state index in [0.29, 0.717) is 56.2 Å². The molecule has 0 radical (unpaired) electrons. The highest BCUT2D eigenvalue weighted by atomic mass is 16.5. The number of hydrogen-bond donors (Lipinski definition) is 1. The molecule has 1 amide bonds. The van der Waals surface area contributed by atoms with Gasteiger partial charge in [0.15, 0.2) is 0 Å². The van der Waals surface area contributed by atoms with Gasteiger partial charge >= 0.3 is 5.97 Å². The Bertz CT molecular complexity index is 662. The maximum Gasteiger partial charge on any atom is 0.328 e. The van der Waals surface area contributed by atoms with Crippen molar-refractivity contribution >= 4 is 23.3 Å². The number of hydrogen-bond acceptors (Lipinski definition) is 5. The molecule has 1 N–H and O–H groups in total. The molecule has 0 bridgehead atoms. The van der Waals surface area contributed by atoms with E-state index >= 15 is 0 Å². The Kier molecular flexibility index (Phi) is 8.48. The molecule has 6 nitrogen and oxygen atoms in total. The molecular weight excluding hydrogens is 356 g/mol. The number of nitrogens with zero attached hydrogens (tertiary/aromatic N) is 1. The number of esters is 1. The van der Waals surface area contributed by atoms with Crippen molar-refractivity contribution < 1.29 is 19.1 Å². The van der Waals surface area contributed by atoms with Gasteiger partial charge in [-0.2, -0.15) is 0 Å². The predicted octanol–water partition coefficient (Wildman–Crippen LogP) is 3.34. The third kappa shape index (κ3) is 6.36. The highest BCUT2D eigenvalue weighted by Gasteiger charge is 2.25. The van der Waals surface area contributed by atoms with Gasteiger partial charge in [0, 0.05) is 37.2 Å². The number of Topliss-reactive ketones (excluding diaryl/α,β-unsaturated/α-hetero) is 1. The van der Waals surface area contributed by atoms with Crippen LogP contribution in [-0.2, 0) is 14.3 Å². The van der Waals surface area contributed by atoms with Gasteiger partial charge in [-0.25, -0.2) is 4.79 Å². The smallest absolute Gasteiger partial charge is 0.328 e. The van der Waals surface area contributed by atoms with Crippen LogP contribution in [0.2, 0.25) is 0 Å². The van der Waals surface area contributed by atoms with Crippen LogP contribution in [0, 0.1) is 5.92 Å². The number of piperidine rings is 1. The van der Waals surface area contributed by atoms with E-state index in [4.69, 9.17) is 4.74 Å². The number of carbonyl (C=O) groups excluding carboxylic acids is 3.